The molecule has 0 fully saturated rings. The van der Waals surface area contributed by atoms with Crippen molar-refractivity contribution in [2.24, 2.45) is 7.05 Å². The first-order valence-electron chi connectivity index (χ1n) is 9.43. The molecule has 0 radical (unpaired) electrons. The zero-order valence-corrected chi connectivity index (χ0v) is 17.0. The molecule has 146 valence electrons. The molecule has 1 amide bonds. The molecule has 6 heteroatoms. The number of carbonyl (C=O) groups excluding carboxylic acids is 1. The Morgan fingerprint density at radius 1 is 1.10 bits per heavy atom. The highest BCUT2D eigenvalue weighted by Gasteiger charge is 2.15. The third-order valence-electron chi connectivity index (χ3n) is 4.91. The lowest BCUT2D eigenvalue weighted by molar-refractivity contribution is -0.114. The van der Waals surface area contributed by atoms with E-state index < -0.39 is 0 Å². The number of rotatable bonds is 4. The SMILES string of the molecule is CC(=O)Nc1cccc(-c2cc3c(cn2)nc(N(C)c2cccc(C)c2)n3C)c1. The Morgan fingerprint density at radius 2 is 1.90 bits per heavy atom. The molecule has 0 aliphatic rings. The highest BCUT2D eigenvalue weighted by molar-refractivity contribution is 5.90. The van der Waals surface area contributed by atoms with Crippen molar-refractivity contribution < 1.29 is 4.79 Å². The summed E-state index contributed by atoms with van der Waals surface area (Å²) in [6.45, 7) is 3.58. The van der Waals surface area contributed by atoms with E-state index in [1.54, 1.807) is 6.20 Å². The fourth-order valence-electron chi connectivity index (χ4n) is 3.45. The lowest BCUT2D eigenvalue weighted by Crippen LogP contribution is -2.14. The van der Waals surface area contributed by atoms with Crippen LogP contribution in [0.15, 0.2) is 60.8 Å². The predicted molar refractivity (Wildman–Crippen MR) is 117 cm³/mol. The Kier molecular flexibility index (Phi) is 4.76. The van der Waals surface area contributed by atoms with Crippen LogP contribution in [0.5, 0.6) is 0 Å². The molecule has 0 saturated carbocycles. The van der Waals surface area contributed by atoms with Crippen LogP contribution >= 0.6 is 0 Å². The Hall–Kier alpha value is -3.67. The van der Waals surface area contributed by atoms with Gasteiger partial charge in [-0.15, -0.1) is 0 Å². The van der Waals surface area contributed by atoms with Crippen LogP contribution in [0, 0.1) is 6.92 Å². The normalized spacial score (nSPS) is 10.9. The Morgan fingerprint density at radius 3 is 2.66 bits per heavy atom. The molecule has 4 rings (SSSR count). The van der Waals surface area contributed by atoms with Crippen molar-refractivity contribution in [2.75, 3.05) is 17.3 Å². The van der Waals surface area contributed by atoms with Gasteiger partial charge in [-0.1, -0.05) is 24.3 Å². The maximum Gasteiger partial charge on any atom is 0.221 e. The van der Waals surface area contributed by atoms with E-state index >= 15 is 0 Å². The van der Waals surface area contributed by atoms with E-state index in [-0.39, 0.29) is 5.91 Å². The van der Waals surface area contributed by atoms with E-state index in [1.165, 1.54) is 12.5 Å². The molecule has 2 aromatic heterocycles. The Bertz CT molecular complexity index is 1210. The molecule has 2 aromatic carbocycles. The summed E-state index contributed by atoms with van der Waals surface area (Å²) < 4.78 is 2.07. The minimum atomic E-state index is -0.0963. The van der Waals surface area contributed by atoms with E-state index in [1.807, 2.05) is 50.5 Å². The van der Waals surface area contributed by atoms with Gasteiger partial charge >= 0.3 is 0 Å². The number of amides is 1. The van der Waals surface area contributed by atoms with Gasteiger partial charge in [0.15, 0.2) is 0 Å². The third-order valence-corrected chi connectivity index (χ3v) is 4.91. The van der Waals surface area contributed by atoms with Gasteiger partial charge in [-0.3, -0.25) is 9.78 Å². The van der Waals surface area contributed by atoms with E-state index in [2.05, 4.69) is 44.9 Å². The summed E-state index contributed by atoms with van der Waals surface area (Å²) in [5.41, 5.74) is 6.64. The predicted octanol–water partition coefficient (Wildman–Crippen LogP) is 4.67. The summed E-state index contributed by atoms with van der Waals surface area (Å²) in [4.78, 5) is 22.8. The molecule has 0 saturated heterocycles. The minimum absolute atomic E-state index is 0.0963. The summed E-state index contributed by atoms with van der Waals surface area (Å²) in [5, 5.41) is 2.81. The van der Waals surface area contributed by atoms with Gasteiger partial charge in [-0.2, -0.15) is 0 Å². The van der Waals surface area contributed by atoms with Gasteiger partial charge in [0, 0.05) is 38.0 Å². The van der Waals surface area contributed by atoms with Crippen molar-refractivity contribution in [1.82, 2.24) is 14.5 Å². The third kappa shape index (κ3) is 3.69. The van der Waals surface area contributed by atoms with Crippen LogP contribution in [-0.2, 0) is 11.8 Å². The van der Waals surface area contributed by atoms with E-state index in [0.29, 0.717) is 0 Å². The maximum atomic E-state index is 11.3. The highest BCUT2D eigenvalue weighted by Crippen LogP contribution is 2.29. The van der Waals surface area contributed by atoms with Crippen molar-refractivity contribution in [3.63, 3.8) is 0 Å². The number of benzene rings is 2. The standard InChI is InChI=1S/C23H23N5O/c1-15-7-5-10-19(11-15)27(3)23-26-21-14-24-20(13-22(21)28(23)4)17-8-6-9-18(12-17)25-16(2)29/h5-14H,1-4H3,(H,25,29). The fraction of sp³-hybridized carbons (Fsp3) is 0.174. The van der Waals surface area contributed by atoms with Crippen LogP contribution in [0.2, 0.25) is 0 Å². The second kappa shape index (κ2) is 7.39. The fourth-order valence-corrected chi connectivity index (χ4v) is 3.45. The van der Waals surface area contributed by atoms with Gasteiger partial charge in [-0.05, 0) is 42.8 Å². The van der Waals surface area contributed by atoms with Crippen molar-refractivity contribution in [3.05, 3.63) is 66.4 Å². The lowest BCUT2D eigenvalue weighted by Gasteiger charge is -2.18. The average molecular weight is 385 g/mol. The van der Waals surface area contributed by atoms with Crippen molar-refractivity contribution in [3.8, 4) is 11.3 Å². The first kappa shape index (κ1) is 18.7. The van der Waals surface area contributed by atoms with Crippen LogP contribution in [-0.4, -0.2) is 27.5 Å². The number of imidazole rings is 1. The smallest absolute Gasteiger partial charge is 0.221 e. The molecule has 0 unspecified atom stereocenters. The Labute approximate surface area is 169 Å². The number of nitrogens with one attached hydrogen (secondary N) is 1. The first-order chi connectivity index (χ1) is 13.9. The second-order valence-electron chi connectivity index (χ2n) is 7.19. The van der Waals surface area contributed by atoms with Gasteiger partial charge in [-0.25, -0.2) is 4.98 Å². The molecular weight excluding hydrogens is 362 g/mol. The molecule has 0 aliphatic heterocycles. The molecular formula is C23H23N5O. The van der Waals surface area contributed by atoms with Crippen LogP contribution in [0.4, 0.5) is 17.3 Å². The topological polar surface area (TPSA) is 63.1 Å². The first-order valence-corrected chi connectivity index (χ1v) is 9.43. The summed E-state index contributed by atoms with van der Waals surface area (Å²) in [7, 11) is 4.02. The van der Waals surface area contributed by atoms with E-state index in [0.717, 1.165) is 39.6 Å². The van der Waals surface area contributed by atoms with Crippen LogP contribution < -0.4 is 10.2 Å². The lowest BCUT2D eigenvalue weighted by atomic mass is 10.1. The van der Waals surface area contributed by atoms with Gasteiger partial charge in [0.05, 0.1) is 17.4 Å². The number of anilines is 3. The molecule has 0 atom stereocenters. The van der Waals surface area contributed by atoms with Crippen LogP contribution in [0.25, 0.3) is 22.3 Å². The number of hydrogen-bond acceptors (Lipinski definition) is 4. The quantitative estimate of drug-likeness (QED) is 0.554. The number of pyridine rings is 1. The number of fused-ring (bicyclic) bond motifs is 1. The largest absolute Gasteiger partial charge is 0.326 e. The monoisotopic (exact) mass is 385 g/mol. The van der Waals surface area contributed by atoms with Gasteiger partial charge in [0.25, 0.3) is 0 Å². The highest BCUT2D eigenvalue weighted by atomic mass is 16.1. The second-order valence-corrected chi connectivity index (χ2v) is 7.19. The number of carbonyl (C=O) groups is 1. The van der Waals surface area contributed by atoms with Crippen LogP contribution in [0.1, 0.15) is 12.5 Å². The van der Waals surface area contributed by atoms with Crippen molar-refractivity contribution >= 4 is 34.3 Å². The van der Waals surface area contributed by atoms with E-state index in [9.17, 15) is 4.79 Å². The summed E-state index contributed by atoms with van der Waals surface area (Å²) in [6.07, 6.45) is 1.79. The van der Waals surface area contributed by atoms with Gasteiger partial charge < -0.3 is 14.8 Å². The van der Waals surface area contributed by atoms with Crippen molar-refractivity contribution in [1.29, 1.82) is 0 Å². The maximum absolute atomic E-state index is 11.3. The number of nitrogens with zero attached hydrogens (tertiary/aromatic N) is 4. The molecule has 4 aromatic rings. The van der Waals surface area contributed by atoms with Gasteiger partial charge in [0.2, 0.25) is 11.9 Å². The molecule has 6 nitrogen and oxygen atoms in total. The number of hydrogen-bond donors (Lipinski definition) is 1. The molecule has 0 bridgehead atoms. The van der Waals surface area contributed by atoms with Gasteiger partial charge in [0.1, 0.15) is 5.52 Å². The molecule has 1 N–H and O–H groups in total. The molecule has 0 spiro atoms. The zero-order chi connectivity index (χ0) is 20.5. The average Bonchev–Trinajstić information content (AvgIpc) is 3.03. The zero-order valence-electron chi connectivity index (χ0n) is 17.0. The summed E-state index contributed by atoms with van der Waals surface area (Å²) >= 11 is 0. The van der Waals surface area contributed by atoms with Crippen LogP contribution in [0.3, 0.4) is 0 Å². The number of aryl methyl sites for hydroxylation is 2. The Balaban J connectivity index is 1.74. The summed E-state index contributed by atoms with van der Waals surface area (Å²) in [5.74, 6) is 0.748. The van der Waals surface area contributed by atoms with Crippen molar-refractivity contribution in [2.45, 2.75) is 13.8 Å². The molecule has 29 heavy (non-hydrogen) atoms. The van der Waals surface area contributed by atoms with E-state index in [4.69, 9.17) is 4.98 Å². The number of aromatic nitrogens is 3. The molecule has 2 heterocycles. The molecule has 0 aliphatic carbocycles. The minimum Gasteiger partial charge on any atom is -0.326 e. The summed E-state index contributed by atoms with van der Waals surface area (Å²) in [6, 6.07) is 18.0.